The fraction of sp³-hybridized carbons (Fsp3) is 0.875. The number of carbonyl (C=O) groups is 2. The quantitative estimate of drug-likeness (QED) is 0.617. The van der Waals surface area contributed by atoms with Crippen LogP contribution in [0.3, 0.4) is 0 Å². The zero-order valence-electron chi connectivity index (χ0n) is 14.2. The molecule has 1 heterocycles. The molecule has 1 spiro atoms. The van der Waals surface area contributed by atoms with Crippen LogP contribution in [0.15, 0.2) is 0 Å². The van der Waals surface area contributed by atoms with E-state index in [1.165, 1.54) is 0 Å². The number of nitrogens with one attached hydrogen (secondary N) is 2. The van der Waals surface area contributed by atoms with E-state index in [-0.39, 0.29) is 23.5 Å². The maximum Gasteiger partial charge on any atom is 0.410 e. The summed E-state index contributed by atoms with van der Waals surface area (Å²) in [7, 11) is 0. The third-order valence-electron chi connectivity index (χ3n) is 4.30. The molecule has 2 amide bonds. The highest BCUT2D eigenvalue weighted by Gasteiger charge is 2.55. The molecule has 1 aliphatic carbocycles. The third-order valence-corrected chi connectivity index (χ3v) is 4.30. The third kappa shape index (κ3) is 4.12. The van der Waals surface area contributed by atoms with Crippen LogP contribution in [0.4, 0.5) is 4.79 Å². The zero-order valence-corrected chi connectivity index (χ0v) is 14.2. The van der Waals surface area contributed by atoms with Crippen molar-refractivity contribution in [2.75, 3.05) is 13.1 Å². The number of rotatable bonds is 4. The number of carbonyl (C=O) groups excluding carboxylic acids is 2. The Morgan fingerprint density at radius 3 is 2.55 bits per heavy atom. The van der Waals surface area contributed by atoms with Crippen molar-refractivity contribution in [1.29, 1.82) is 0 Å². The van der Waals surface area contributed by atoms with Gasteiger partial charge in [0.2, 0.25) is 5.91 Å². The van der Waals surface area contributed by atoms with E-state index in [2.05, 4.69) is 17.8 Å². The van der Waals surface area contributed by atoms with Gasteiger partial charge >= 0.3 is 6.09 Å². The SMILES string of the molecule is CCCNNC(=O)C1CCN(C(=O)OC(C)(C)C)C2(CC2)C1. The van der Waals surface area contributed by atoms with E-state index in [0.717, 1.165) is 32.2 Å². The van der Waals surface area contributed by atoms with Crippen molar-refractivity contribution < 1.29 is 14.3 Å². The average Bonchev–Trinajstić information content (AvgIpc) is 3.16. The average molecular weight is 311 g/mol. The molecule has 22 heavy (non-hydrogen) atoms. The van der Waals surface area contributed by atoms with Crippen molar-refractivity contribution in [3.63, 3.8) is 0 Å². The van der Waals surface area contributed by atoms with Crippen molar-refractivity contribution >= 4 is 12.0 Å². The molecule has 0 aromatic heterocycles. The number of ether oxygens (including phenoxy) is 1. The van der Waals surface area contributed by atoms with Crippen LogP contribution in [0, 0.1) is 5.92 Å². The summed E-state index contributed by atoms with van der Waals surface area (Å²) in [5.74, 6) is 0.0223. The summed E-state index contributed by atoms with van der Waals surface area (Å²) in [5.41, 5.74) is 5.09. The number of hydrogen-bond acceptors (Lipinski definition) is 4. The van der Waals surface area contributed by atoms with E-state index in [1.54, 1.807) is 0 Å². The van der Waals surface area contributed by atoms with Crippen LogP contribution in [0.1, 0.15) is 59.8 Å². The minimum absolute atomic E-state index is 0.0226. The predicted molar refractivity (Wildman–Crippen MR) is 84.1 cm³/mol. The van der Waals surface area contributed by atoms with Crippen molar-refractivity contribution in [3.05, 3.63) is 0 Å². The van der Waals surface area contributed by atoms with Gasteiger partial charge in [-0.15, -0.1) is 0 Å². The van der Waals surface area contributed by atoms with Crippen molar-refractivity contribution in [1.82, 2.24) is 15.8 Å². The molecule has 1 saturated heterocycles. The zero-order chi connectivity index (χ0) is 16.4. The molecule has 0 radical (unpaired) electrons. The molecule has 1 atom stereocenters. The minimum Gasteiger partial charge on any atom is -0.444 e. The Morgan fingerprint density at radius 2 is 2.00 bits per heavy atom. The largest absolute Gasteiger partial charge is 0.444 e. The first-order valence-corrected chi connectivity index (χ1v) is 8.31. The minimum atomic E-state index is -0.481. The summed E-state index contributed by atoms with van der Waals surface area (Å²) in [4.78, 5) is 26.4. The lowest BCUT2D eigenvalue weighted by molar-refractivity contribution is -0.128. The molecule has 2 aliphatic rings. The van der Waals surface area contributed by atoms with E-state index in [9.17, 15) is 9.59 Å². The summed E-state index contributed by atoms with van der Waals surface area (Å²) >= 11 is 0. The number of piperidine rings is 1. The van der Waals surface area contributed by atoms with E-state index in [0.29, 0.717) is 13.0 Å². The molecule has 2 fully saturated rings. The molecule has 126 valence electrons. The monoisotopic (exact) mass is 311 g/mol. The van der Waals surface area contributed by atoms with Crippen LogP contribution in [-0.4, -0.2) is 41.1 Å². The number of nitrogens with zero attached hydrogens (tertiary/aromatic N) is 1. The molecular formula is C16H29N3O3. The molecule has 1 aliphatic heterocycles. The summed E-state index contributed by atoms with van der Waals surface area (Å²) in [6, 6.07) is 0. The van der Waals surface area contributed by atoms with Crippen LogP contribution in [0.2, 0.25) is 0 Å². The standard InChI is InChI=1S/C16H29N3O3/c1-5-9-17-18-13(20)12-6-10-19(16(11-12)7-8-16)14(21)22-15(2,3)4/h12,17H,5-11H2,1-4H3,(H,18,20). The van der Waals surface area contributed by atoms with E-state index in [4.69, 9.17) is 4.74 Å². The summed E-state index contributed by atoms with van der Waals surface area (Å²) in [5, 5.41) is 0. The molecule has 0 aromatic rings. The Labute approximate surface area is 132 Å². The molecule has 6 heteroatoms. The second-order valence-corrected chi connectivity index (χ2v) is 7.46. The molecule has 2 N–H and O–H groups in total. The molecule has 1 unspecified atom stereocenters. The van der Waals surface area contributed by atoms with E-state index >= 15 is 0 Å². The van der Waals surface area contributed by atoms with Gasteiger partial charge in [0.15, 0.2) is 0 Å². The summed E-state index contributed by atoms with van der Waals surface area (Å²) in [6.07, 6.45) is 4.11. The first kappa shape index (κ1) is 17.1. The highest BCUT2D eigenvalue weighted by Crippen LogP contribution is 2.50. The number of likely N-dealkylation sites (tertiary alicyclic amines) is 1. The van der Waals surface area contributed by atoms with Crippen LogP contribution in [0.5, 0.6) is 0 Å². The number of hydrazine groups is 1. The van der Waals surface area contributed by atoms with E-state index < -0.39 is 5.60 Å². The predicted octanol–water partition coefficient (Wildman–Crippen LogP) is 2.20. The van der Waals surface area contributed by atoms with Crippen molar-refractivity contribution in [2.24, 2.45) is 5.92 Å². The summed E-state index contributed by atoms with van der Waals surface area (Å²) < 4.78 is 5.50. The molecule has 1 saturated carbocycles. The first-order chi connectivity index (χ1) is 10.3. The fourth-order valence-electron chi connectivity index (χ4n) is 3.01. The topological polar surface area (TPSA) is 70.7 Å². The lowest BCUT2D eigenvalue weighted by Crippen LogP contribution is -2.53. The Balaban J connectivity index is 1.90. The second-order valence-electron chi connectivity index (χ2n) is 7.46. The molecule has 0 bridgehead atoms. The van der Waals surface area contributed by atoms with Gasteiger partial charge in [0.25, 0.3) is 0 Å². The van der Waals surface area contributed by atoms with Crippen LogP contribution in [-0.2, 0) is 9.53 Å². The maximum atomic E-state index is 12.3. The first-order valence-electron chi connectivity index (χ1n) is 8.31. The van der Waals surface area contributed by atoms with Gasteiger partial charge in [0.05, 0.1) is 0 Å². The van der Waals surface area contributed by atoms with Crippen LogP contribution >= 0.6 is 0 Å². The molecule has 0 aromatic carbocycles. The maximum absolute atomic E-state index is 12.3. The van der Waals surface area contributed by atoms with Crippen molar-refractivity contribution in [2.45, 2.75) is 70.9 Å². The van der Waals surface area contributed by atoms with Gasteiger partial charge in [0.1, 0.15) is 5.60 Å². The van der Waals surface area contributed by atoms with Gasteiger partial charge < -0.3 is 9.64 Å². The highest BCUT2D eigenvalue weighted by molar-refractivity contribution is 5.79. The van der Waals surface area contributed by atoms with E-state index in [1.807, 2.05) is 25.7 Å². The Morgan fingerprint density at radius 1 is 1.32 bits per heavy atom. The lowest BCUT2D eigenvalue weighted by Gasteiger charge is -2.40. The lowest BCUT2D eigenvalue weighted by atomic mass is 9.88. The Kier molecular flexibility index (Phi) is 5.00. The molecular weight excluding hydrogens is 282 g/mol. The summed E-state index contributed by atoms with van der Waals surface area (Å²) in [6.45, 7) is 9.06. The smallest absolute Gasteiger partial charge is 0.410 e. The highest BCUT2D eigenvalue weighted by atomic mass is 16.6. The molecule has 2 rings (SSSR count). The number of amides is 2. The van der Waals surface area contributed by atoms with Crippen LogP contribution in [0.25, 0.3) is 0 Å². The van der Waals surface area contributed by atoms with Gasteiger partial charge in [0, 0.05) is 24.5 Å². The Bertz CT molecular complexity index is 427. The molecule has 6 nitrogen and oxygen atoms in total. The van der Waals surface area contributed by atoms with Gasteiger partial charge in [-0.05, 0) is 52.9 Å². The fourth-order valence-corrected chi connectivity index (χ4v) is 3.01. The van der Waals surface area contributed by atoms with Gasteiger partial charge in [-0.2, -0.15) is 0 Å². The van der Waals surface area contributed by atoms with Crippen LogP contribution < -0.4 is 10.9 Å². The van der Waals surface area contributed by atoms with Gasteiger partial charge in [-0.1, -0.05) is 6.92 Å². The normalized spacial score (nSPS) is 23.3. The second kappa shape index (κ2) is 6.44. The number of hydrogen-bond donors (Lipinski definition) is 2. The van der Waals surface area contributed by atoms with Gasteiger partial charge in [-0.3, -0.25) is 10.2 Å². The van der Waals surface area contributed by atoms with Crippen molar-refractivity contribution in [3.8, 4) is 0 Å². The van der Waals surface area contributed by atoms with Gasteiger partial charge in [-0.25, -0.2) is 10.2 Å². The Hall–Kier alpha value is -1.30.